The van der Waals surface area contributed by atoms with Gasteiger partial charge in [-0.1, -0.05) is 6.58 Å². The average molecular weight is 240 g/mol. The number of hydrogen-bond acceptors (Lipinski definition) is 3. The Morgan fingerprint density at radius 3 is 2.12 bits per heavy atom. The summed E-state index contributed by atoms with van der Waals surface area (Å²) in [6, 6.07) is 6.34. The van der Waals surface area contributed by atoms with Crippen LogP contribution in [0, 0.1) is 0 Å². The monoisotopic (exact) mass is 240 g/mol. The molecule has 0 saturated heterocycles. The predicted molar refractivity (Wildman–Crippen MR) is 64.5 cm³/mol. The Kier molecular flexibility index (Phi) is 3.43. The van der Waals surface area contributed by atoms with Crippen LogP contribution in [0.4, 0.5) is 0 Å². The Morgan fingerprint density at radius 2 is 1.75 bits per heavy atom. The van der Waals surface area contributed by atoms with Crippen molar-refractivity contribution in [2.45, 2.75) is 24.3 Å². The minimum Gasteiger partial charge on any atom is -0.484 e. The van der Waals surface area contributed by atoms with Gasteiger partial charge in [-0.2, -0.15) is 0 Å². The molecule has 0 aromatic heterocycles. The van der Waals surface area contributed by atoms with E-state index in [9.17, 15) is 8.42 Å². The third-order valence-electron chi connectivity index (χ3n) is 2.12. The number of hydrogen-bond donors (Lipinski definition) is 0. The highest BCUT2D eigenvalue weighted by atomic mass is 32.2. The summed E-state index contributed by atoms with van der Waals surface area (Å²) in [5.74, 6) is 0.623. The van der Waals surface area contributed by atoms with Gasteiger partial charge in [0, 0.05) is 6.26 Å². The first-order chi connectivity index (χ1) is 7.24. The fourth-order valence-electron chi connectivity index (χ4n) is 1.10. The molecule has 0 amide bonds. The number of sulfone groups is 1. The van der Waals surface area contributed by atoms with E-state index < -0.39 is 15.4 Å². The van der Waals surface area contributed by atoms with Gasteiger partial charge in [0.25, 0.3) is 0 Å². The molecule has 0 aliphatic carbocycles. The second kappa shape index (κ2) is 4.29. The largest absolute Gasteiger partial charge is 0.484 e. The van der Waals surface area contributed by atoms with E-state index in [1.807, 2.05) is 13.8 Å². The third kappa shape index (κ3) is 3.38. The van der Waals surface area contributed by atoms with Crippen molar-refractivity contribution in [2.24, 2.45) is 0 Å². The summed E-state index contributed by atoms with van der Waals surface area (Å²) >= 11 is 0. The zero-order valence-corrected chi connectivity index (χ0v) is 10.5. The van der Waals surface area contributed by atoms with Crippen LogP contribution in [-0.4, -0.2) is 20.3 Å². The predicted octanol–water partition coefficient (Wildman–Crippen LogP) is 2.43. The van der Waals surface area contributed by atoms with Gasteiger partial charge in [-0.15, -0.1) is 0 Å². The zero-order valence-electron chi connectivity index (χ0n) is 9.73. The lowest BCUT2D eigenvalue weighted by molar-refractivity contribution is 0.162. The molecule has 1 aromatic carbocycles. The minimum atomic E-state index is -3.14. The summed E-state index contributed by atoms with van der Waals surface area (Å²) in [7, 11) is -3.14. The van der Waals surface area contributed by atoms with E-state index in [1.54, 1.807) is 18.2 Å². The van der Waals surface area contributed by atoms with Gasteiger partial charge < -0.3 is 4.74 Å². The molecule has 1 aromatic rings. The fourth-order valence-corrected chi connectivity index (χ4v) is 1.73. The van der Waals surface area contributed by atoms with Crippen LogP contribution in [0.2, 0.25) is 0 Å². The van der Waals surface area contributed by atoms with Gasteiger partial charge in [0.05, 0.1) is 4.90 Å². The third-order valence-corrected chi connectivity index (χ3v) is 3.25. The maximum atomic E-state index is 11.2. The van der Waals surface area contributed by atoms with Crippen molar-refractivity contribution in [2.75, 3.05) is 6.26 Å². The normalized spacial score (nSPS) is 12.2. The molecule has 0 bridgehead atoms. The molecule has 0 atom stereocenters. The molecule has 3 nitrogen and oxygen atoms in total. The highest BCUT2D eigenvalue weighted by Crippen LogP contribution is 2.21. The molecule has 0 saturated carbocycles. The minimum absolute atomic E-state index is 0.288. The van der Waals surface area contributed by atoms with Crippen LogP contribution in [-0.2, 0) is 9.84 Å². The second-order valence-corrected chi connectivity index (χ2v) is 6.17. The molecule has 4 heteroatoms. The summed E-state index contributed by atoms with van der Waals surface area (Å²) in [4.78, 5) is 0.288. The van der Waals surface area contributed by atoms with Crippen molar-refractivity contribution in [3.05, 3.63) is 36.9 Å². The van der Waals surface area contributed by atoms with Crippen LogP contribution in [0.5, 0.6) is 5.75 Å². The Bertz CT molecular complexity index is 469. The number of benzene rings is 1. The Hall–Kier alpha value is -1.29. The van der Waals surface area contributed by atoms with Gasteiger partial charge in [0.2, 0.25) is 0 Å². The van der Waals surface area contributed by atoms with E-state index >= 15 is 0 Å². The summed E-state index contributed by atoms with van der Waals surface area (Å²) in [6.45, 7) is 7.42. The topological polar surface area (TPSA) is 43.4 Å². The molecule has 0 aliphatic rings. The zero-order chi connectivity index (χ0) is 12.4. The molecule has 0 heterocycles. The van der Waals surface area contributed by atoms with Crippen LogP contribution in [0.1, 0.15) is 13.8 Å². The van der Waals surface area contributed by atoms with Gasteiger partial charge in [-0.25, -0.2) is 8.42 Å². The van der Waals surface area contributed by atoms with Gasteiger partial charge in [0.15, 0.2) is 9.84 Å². The van der Waals surface area contributed by atoms with Gasteiger partial charge >= 0.3 is 0 Å². The van der Waals surface area contributed by atoms with E-state index in [0.717, 1.165) is 0 Å². The molecule has 0 aliphatic heterocycles. The van der Waals surface area contributed by atoms with E-state index in [1.165, 1.54) is 18.4 Å². The van der Waals surface area contributed by atoms with E-state index in [0.29, 0.717) is 5.75 Å². The van der Waals surface area contributed by atoms with Crippen molar-refractivity contribution < 1.29 is 13.2 Å². The molecule has 0 unspecified atom stereocenters. The second-order valence-electron chi connectivity index (χ2n) is 4.15. The van der Waals surface area contributed by atoms with E-state index in [4.69, 9.17) is 4.74 Å². The molecule has 0 fully saturated rings. The Labute approximate surface area is 96.7 Å². The summed E-state index contributed by atoms with van der Waals surface area (Å²) in [6.07, 6.45) is 2.87. The summed E-state index contributed by atoms with van der Waals surface area (Å²) in [5, 5.41) is 0. The first kappa shape index (κ1) is 12.8. The van der Waals surface area contributed by atoms with Crippen LogP contribution < -0.4 is 4.74 Å². The fraction of sp³-hybridized carbons (Fsp3) is 0.333. The van der Waals surface area contributed by atoms with Crippen molar-refractivity contribution in [3.8, 4) is 5.75 Å². The number of rotatable bonds is 4. The quantitative estimate of drug-likeness (QED) is 0.759. The van der Waals surface area contributed by atoms with Crippen LogP contribution >= 0.6 is 0 Å². The summed E-state index contributed by atoms with van der Waals surface area (Å²) < 4.78 is 28.1. The lowest BCUT2D eigenvalue weighted by Gasteiger charge is -2.22. The lowest BCUT2D eigenvalue weighted by atomic mass is 10.1. The Balaban J connectivity index is 2.93. The van der Waals surface area contributed by atoms with E-state index in [2.05, 4.69) is 6.58 Å². The van der Waals surface area contributed by atoms with Crippen LogP contribution in [0.3, 0.4) is 0 Å². The molecule has 0 radical (unpaired) electrons. The molecule has 16 heavy (non-hydrogen) atoms. The van der Waals surface area contributed by atoms with Crippen LogP contribution in [0.15, 0.2) is 41.8 Å². The Morgan fingerprint density at radius 1 is 1.25 bits per heavy atom. The first-order valence-electron chi connectivity index (χ1n) is 4.87. The molecular weight excluding hydrogens is 224 g/mol. The highest BCUT2D eigenvalue weighted by Gasteiger charge is 2.15. The molecule has 88 valence electrons. The highest BCUT2D eigenvalue weighted by molar-refractivity contribution is 7.90. The van der Waals surface area contributed by atoms with Crippen molar-refractivity contribution in [3.63, 3.8) is 0 Å². The van der Waals surface area contributed by atoms with Crippen molar-refractivity contribution >= 4 is 9.84 Å². The van der Waals surface area contributed by atoms with Crippen LogP contribution in [0.25, 0.3) is 0 Å². The maximum Gasteiger partial charge on any atom is 0.175 e. The average Bonchev–Trinajstić information content (AvgIpc) is 2.16. The van der Waals surface area contributed by atoms with Crippen molar-refractivity contribution in [1.29, 1.82) is 0 Å². The molecule has 0 N–H and O–H groups in total. The smallest absolute Gasteiger partial charge is 0.175 e. The summed E-state index contributed by atoms with van der Waals surface area (Å²) in [5.41, 5.74) is -0.466. The van der Waals surface area contributed by atoms with Gasteiger partial charge in [-0.3, -0.25) is 0 Å². The van der Waals surface area contributed by atoms with E-state index in [-0.39, 0.29) is 4.90 Å². The van der Waals surface area contributed by atoms with Gasteiger partial charge in [0.1, 0.15) is 11.4 Å². The first-order valence-corrected chi connectivity index (χ1v) is 6.76. The standard InChI is InChI=1S/C12H16O3S/c1-5-12(2,3)15-10-6-8-11(9-7-10)16(4,13)14/h5-9H,1H2,2-4H3. The maximum absolute atomic E-state index is 11.2. The molecule has 0 spiro atoms. The lowest BCUT2D eigenvalue weighted by Crippen LogP contribution is -2.24. The van der Waals surface area contributed by atoms with Crippen molar-refractivity contribution in [1.82, 2.24) is 0 Å². The number of ether oxygens (including phenoxy) is 1. The SMILES string of the molecule is C=CC(C)(C)Oc1ccc(S(C)(=O)=O)cc1. The van der Waals surface area contributed by atoms with Gasteiger partial charge in [-0.05, 0) is 44.2 Å². The molecular formula is C12H16O3S. The molecule has 1 rings (SSSR count).